The summed E-state index contributed by atoms with van der Waals surface area (Å²) in [4.78, 5) is 18.0. The van der Waals surface area contributed by atoms with E-state index in [-0.39, 0.29) is 23.0 Å². The molecule has 1 fully saturated rings. The molecular formula is C26H40N2O3S. The Morgan fingerprint density at radius 3 is 2.44 bits per heavy atom. The topological polar surface area (TPSA) is 66.8 Å². The first-order valence-corrected chi connectivity index (χ1v) is 14.0. The molecule has 0 spiro atoms. The number of aliphatic imine (C=N–C) groups is 1. The maximum atomic E-state index is 13.1. The molecule has 1 aromatic carbocycles. The van der Waals surface area contributed by atoms with Crippen molar-refractivity contribution in [3.63, 3.8) is 0 Å². The van der Waals surface area contributed by atoms with Crippen molar-refractivity contribution in [1.82, 2.24) is 4.31 Å². The minimum absolute atomic E-state index is 0.0737. The van der Waals surface area contributed by atoms with Crippen LogP contribution >= 0.6 is 0 Å². The van der Waals surface area contributed by atoms with Crippen LogP contribution in [-0.2, 0) is 21.2 Å². The molecular weight excluding hydrogens is 420 g/mol. The monoisotopic (exact) mass is 460 g/mol. The van der Waals surface area contributed by atoms with Crippen LogP contribution in [0.2, 0.25) is 0 Å². The number of hydrogen-bond acceptors (Lipinski definition) is 4. The lowest BCUT2D eigenvalue weighted by molar-refractivity contribution is -0.122. The van der Waals surface area contributed by atoms with Gasteiger partial charge in [0.2, 0.25) is 10.0 Å². The van der Waals surface area contributed by atoms with Gasteiger partial charge in [0.15, 0.2) is 0 Å². The summed E-state index contributed by atoms with van der Waals surface area (Å²) in [5.74, 6) is 0.361. The molecule has 5 nitrogen and oxygen atoms in total. The Morgan fingerprint density at radius 2 is 1.72 bits per heavy atom. The number of piperidine rings is 1. The molecule has 0 amide bonds. The van der Waals surface area contributed by atoms with Crippen molar-refractivity contribution in [1.29, 1.82) is 0 Å². The normalized spacial score (nSPS) is 19.4. The summed E-state index contributed by atoms with van der Waals surface area (Å²) in [6.07, 6.45) is 8.91. The largest absolute Gasteiger partial charge is 0.299 e. The molecule has 0 aromatic heterocycles. The van der Waals surface area contributed by atoms with Crippen molar-refractivity contribution in [3.8, 4) is 0 Å². The fourth-order valence-electron chi connectivity index (χ4n) is 4.98. The fraction of sp³-hybridized carbons (Fsp3) is 0.692. The molecule has 0 radical (unpaired) electrons. The molecule has 1 aromatic rings. The summed E-state index contributed by atoms with van der Waals surface area (Å²) in [6.45, 7) is 7.33. The quantitative estimate of drug-likeness (QED) is 0.428. The number of hydrogen-bond donors (Lipinski definition) is 0. The number of unbranched alkanes of at least 4 members (excludes halogenated alkanes) is 5. The Balaban J connectivity index is 1.51. The van der Waals surface area contributed by atoms with E-state index in [9.17, 15) is 13.2 Å². The van der Waals surface area contributed by atoms with Crippen LogP contribution in [-0.4, -0.2) is 48.6 Å². The van der Waals surface area contributed by atoms with Gasteiger partial charge in [-0.05, 0) is 50.7 Å². The maximum absolute atomic E-state index is 13.1. The fourth-order valence-corrected chi connectivity index (χ4v) is 6.58. The molecule has 0 unspecified atom stereocenters. The predicted molar refractivity (Wildman–Crippen MR) is 132 cm³/mol. The standard InChI is InChI=1S/C26H40N2O3S/c1-4-5-6-7-8-11-18-32(30,31)28-16-14-21(15-17-28)25(29)19-24-23-13-10-9-12-22(23)20-26(2,3)27-24/h9-10,12-13,21H,4-8,11,14-20H2,1-3H3. The van der Waals surface area contributed by atoms with Crippen LogP contribution < -0.4 is 0 Å². The van der Waals surface area contributed by atoms with Gasteiger partial charge in [-0.15, -0.1) is 0 Å². The van der Waals surface area contributed by atoms with Gasteiger partial charge in [-0.1, -0.05) is 63.3 Å². The zero-order valence-electron chi connectivity index (χ0n) is 20.1. The van der Waals surface area contributed by atoms with Crippen LogP contribution in [0.4, 0.5) is 0 Å². The summed E-state index contributed by atoms with van der Waals surface area (Å²) in [5, 5.41) is 0. The van der Waals surface area contributed by atoms with Crippen molar-refractivity contribution >= 4 is 21.5 Å². The van der Waals surface area contributed by atoms with Gasteiger partial charge >= 0.3 is 0 Å². The van der Waals surface area contributed by atoms with Gasteiger partial charge in [0, 0.05) is 25.4 Å². The zero-order valence-corrected chi connectivity index (χ0v) is 20.9. The van der Waals surface area contributed by atoms with Gasteiger partial charge in [0.25, 0.3) is 0 Å². The Kier molecular flexibility index (Phi) is 8.68. The molecule has 6 heteroatoms. The highest BCUT2D eigenvalue weighted by Crippen LogP contribution is 2.29. The summed E-state index contributed by atoms with van der Waals surface area (Å²) in [6, 6.07) is 8.24. The second kappa shape index (κ2) is 11.1. The molecule has 2 aliphatic heterocycles. The molecule has 0 saturated carbocycles. The van der Waals surface area contributed by atoms with Crippen molar-refractivity contribution in [2.45, 2.75) is 90.5 Å². The number of fused-ring (bicyclic) bond motifs is 1. The van der Waals surface area contributed by atoms with E-state index >= 15 is 0 Å². The summed E-state index contributed by atoms with van der Waals surface area (Å²) < 4.78 is 27.0. The molecule has 2 heterocycles. The smallest absolute Gasteiger partial charge is 0.214 e. The maximum Gasteiger partial charge on any atom is 0.214 e. The average Bonchev–Trinajstić information content (AvgIpc) is 2.75. The Hall–Kier alpha value is -1.53. The molecule has 0 bridgehead atoms. The molecule has 0 N–H and O–H groups in total. The Morgan fingerprint density at radius 1 is 1.06 bits per heavy atom. The van der Waals surface area contributed by atoms with E-state index in [4.69, 9.17) is 4.99 Å². The predicted octanol–water partition coefficient (Wildman–Crippen LogP) is 5.17. The average molecular weight is 461 g/mol. The number of ketones is 1. The molecule has 1 saturated heterocycles. The molecule has 0 atom stereocenters. The highest BCUT2D eigenvalue weighted by molar-refractivity contribution is 7.89. The second-order valence-corrected chi connectivity index (χ2v) is 12.2. The number of Topliss-reactive ketones (excluding diaryl/α,β-unsaturated/α-hetero) is 1. The first kappa shape index (κ1) is 25.1. The van der Waals surface area contributed by atoms with E-state index < -0.39 is 10.0 Å². The molecule has 178 valence electrons. The third-order valence-electron chi connectivity index (χ3n) is 6.79. The lowest BCUT2D eigenvalue weighted by atomic mass is 9.83. The Bertz CT molecular complexity index is 913. The highest BCUT2D eigenvalue weighted by Gasteiger charge is 2.33. The summed E-state index contributed by atoms with van der Waals surface area (Å²) in [7, 11) is -3.21. The summed E-state index contributed by atoms with van der Waals surface area (Å²) >= 11 is 0. The molecule has 32 heavy (non-hydrogen) atoms. The number of sulfonamides is 1. The zero-order chi connectivity index (χ0) is 23.2. The molecule has 0 aliphatic carbocycles. The second-order valence-electron chi connectivity index (χ2n) is 10.1. The van der Waals surface area contributed by atoms with Gasteiger partial charge in [-0.25, -0.2) is 12.7 Å². The third-order valence-corrected chi connectivity index (χ3v) is 8.75. The van der Waals surface area contributed by atoms with E-state index in [2.05, 4.69) is 32.9 Å². The number of carbonyl (C=O) groups excluding carboxylic acids is 1. The van der Waals surface area contributed by atoms with Gasteiger partial charge in [-0.2, -0.15) is 0 Å². The van der Waals surface area contributed by atoms with Crippen LogP contribution in [0.25, 0.3) is 0 Å². The minimum atomic E-state index is -3.21. The van der Waals surface area contributed by atoms with E-state index in [1.807, 2.05) is 12.1 Å². The van der Waals surface area contributed by atoms with Crippen molar-refractivity contribution in [3.05, 3.63) is 35.4 Å². The highest BCUT2D eigenvalue weighted by atomic mass is 32.2. The first-order valence-electron chi connectivity index (χ1n) is 12.4. The van der Waals surface area contributed by atoms with E-state index in [0.29, 0.717) is 32.4 Å². The van der Waals surface area contributed by atoms with E-state index in [1.165, 1.54) is 24.8 Å². The molecule has 2 aliphatic rings. The number of carbonyl (C=O) groups is 1. The van der Waals surface area contributed by atoms with Crippen LogP contribution in [0.5, 0.6) is 0 Å². The van der Waals surface area contributed by atoms with Gasteiger partial charge in [-0.3, -0.25) is 9.79 Å². The lowest BCUT2D eigenvalue weighted by Crippen LogP contribution is -2.41. The van der Waals surface area contributed by atoms with Crippen LogP contribution in [0.15, 0.2) is 29.3 Å². The Labute approximate surface area is 194 Å². The molecule has 3 rings (SSSR count). The first-order chi connectivity index (χ1) is 15.2. The third kappa shape index (κ3) is 6.74. The van der Waals surface area contributed by atoms with Crippen molar-refractivity contribution in [2.75, 3.05) is 18.8 Å². The van der Waals surface area contributed by atoms with Crippen LogP contribution in [0.3, 0.4) is 0 Å². The van der Waals surface area contributed by atoms with Gasteiger partial charge in [0.1, 0.15) is 5.78 Å². The van der Waals surface area contributed by atoms with Gasteiger partial charge < -0.3 is 0 Å². The van der Waals surface area contributed by atoms with E-state index in [1.54, 1.807) is 4.31 Å². The van der Waals surface area contributed by atoms with Gasteiger partial charge in [0.05, 0.1) is 17.0 Å². The van der Waals surface area contributed by atoms with Crippen LogP contribution in [0, 0.1) is 5.92 Å². The van der Waals surface area contributed by atoms with Crippen LogP contribution in [0.1, 0.15) is 89.7 Å². The van der Waals surface area contributed by atoms with E-state index in [0.717, 1.165) is 37.0 Å². The minimum Gasteiger partial charge on any atom is -0.299 e. The number of nitrogens with zero attached hydrogens (tertiary/aromatic N) is 2. The lowest BCUT2D eigenvalue weighted by Gasteiger charge is -2.32. The number of benzene rings is 1. The SMILES string of the molecule is CCCCCCCCS(=O)(=O)N1CCC(C(=O)CC2=NC(C)(C)Cc3ccccc32)CC1. The number of rotatable bonds is 11. The van der Waals surface area contributed by atoms with Crippen molar-refractivity contribution in [2.24, 2.45) is 10.9 Å². The van der Waals surface area contributed by atoms with Crippen molar-refractivity contribution < 1.29 is 13.2 Å². The summed E-state index contributed by atoms with van der Waals surface area (Å²) in [5.41, 5.74) is 3.04.